The van der Waals surface area contributed by atoms with Crippen molar-refractivity contribution in [3.05, 3.63) is 194 Å². The van der Waals surface area contributed by atoms with Crippen LogP contribution in [0.1, 0.15) is 0 Å². The third kappa shape index (κ3) is 5.99. The smallest absolute Gasteiger partial charge is 0.227 e. The molecule has 0 aliphatic rings. The maximum atomic E-state index is 6.44. The molecule has 0 amide bonds. The van der Waals surface area contributed by atoms with Gasteiger partial charge in [0.1, 0.15) is 16.6 Å². The van der Waals surface area contributed by atoms with E-state index in [0.29, 0.717) is 17.7 Å². The zero-order chi connectivity index (χ0) is 38.4. The molecule has 11 rings (SSSR count). The van der Waals surface area contributed by atoms with Gasteiger partial charge in [0.2, 0.25) is 17.7 Å². The van der Waals surface area contributed by atoms with Crippen molar-refractivity contribution in [3.8, 4) is 56.6 Å². The number of hydrogen-bond donors (Lipinski definition) is 0. The summed E-state index contributed by atoms with van der Waals surface area (Å²) in [5.41, 5.74) is 14.5. The van der Waals surface area contributed by atoms with Crippen LogP contribution < -0.4 is 4.90 Å². The third-order valence-corrected chi connectivity index (χ3v) is 10.4. The zero-order valence-corrected chi connectivity index (χ0v) is 31.0. The second-order valence-electron chi connectivity index (χ2n) is 14.0. The van der Waals surface area contributed by atoms with Crippen LogP contribution in [0, 0.1) is 0 Å². The molecule has 0 radical (unpaired) electrons. The minimum atomic E-state index is 0.567. The Kier molecular flexibility index (Phi) is 8.00. The lowest BCUT2D eigenvalue weighted by Crippen LogP contribution is -2.09. The van der Waals surface area contributed by atoms with Crippen LogP contribution in [0.2, 0.25) is 0 Å². The Hall–Kier alpha value is -8.03. The summed E-state index contributed by atoms with van der Waals surface area (Å²) in [6, 6.07) is 65.3. The van der Waals surface area contributed by atoms with Gasteiger partial charge in [0.15, 0.2) is 16.7 Å². The molecular weight excluding hydrogens is 717 g/mol. The van der Waals surface area contributed by atoms with E-state index in [1.54, 1.807) is 0 Å². The van der Waals surface area contributed by atoms with E-state index in [1.807, 2.05) is 97.1 Å². The molecule has 8 aromatic carbocycles. The summed E-state index contributed by atoms with van der Waals surface area (Å²) < 4.78 is 19.0. The lowest BCUT2D eigenvalue weighted by molar-refractivity contribution is 0.619. The van der Waals surface area contributed by atoms with E-state index in [0.717, 1.165) is 89.3 Å². The van der Waals surface area contributed by atoms with E-state index in [1.165, 1.54) is 0 Å². The van der Waals surface area contributed by atoms with Crippen LogP contribution in [-0.4, -0.2) is 15.0 Å². The van der Waals surface area contributed by atoms with Gasteiger partial charge in [-0.1, -0.05) is 97.1 Å². The molecular formula is C51H32N4O3. The monoisotopic (exact) mass is 748 g/mol. The number of fused-ring (bicyclic) bond motifs is 3. The molecule has 0 aliphatic carbocycles. The number of nitrogens with zero attached hydrogens (tertiary/aromatic N) is 4. The first kappa shape index (κ1) is 33.3. The molecule has 0 spiro atoms. The molecule has 0 bridgehead atoms. The van der Waals surface area contributed by atoms with Gasteiger partial charge >= 0.3 is 0 Å². The molecule has 0 saturated heterocycles. The number of oxazole rings is 3. The number of aromatic nitrogens is 3. The van der Waals surface area contributed by atoms with Gasteiger partial charge in [0.05, 0.1) is 0 Å². The van der Waals surface area contributed by atoms with E-state index >= 15 is 0 Å². The molecule has 7 nitrogen and oxygen atoms in total. The molecule has 0 fully saturated rings. The fourth-order valence-corrected chi connectivity index (χ4v) is 7.54. The Labute approximate surface area is 333 Å². The minimum Gasteiger partial charge on any atom is -0.436 e. The summed E-state index contributed by atoms with van der Waals surface area (Å²) in [6.45, 7) is 0. The molecule has 0 unspecified atom stereocenters. The van der Waals surface area contributed by atoms with E-state index in [2.05, 4.69) is 102 Å². The van der Waals surface area contributed by atoms with Gasteiger partial charge < -0.3 is 18.2 Å². The molecule has 0 atom stereocenters. The van der Waals surface area contributed by atoms with Crippen molar-refractivity contribution < 1.29 is 13.3 Å². The van der Waals surface area contributed by atoms with E-state index in [4.69, 9.17) is 28.2 Å². The van der Waals surface area contributed by atoms with Gasteiger partial charge in [-0.15, -0.1) is 0 Å². The number of rotatable bonds is 8. The molecule has 0 N–H and O–H groups in total. The molecule has 3 heterocycles. The summed E-state index contributed by atoms with van der Waals surface area (Å²) >= 11 is 0. The third-order valence-electron chi connectivity index (χ3n) is 10.4. The highest BCUT2D eigenvalue weighted by Gasteiger charge is 2.19. The molecule has 7 heteroatoms. The van der Waals surface area contributed by atoms with E-state index in [-0.39, 0.29) is 0 Å². The van der Waals surface area contributed by atoms with Crippen molar-refractivity contribution in [3.63, 3.8) is 0 Å². The van der Waals surface area contributed by atoms with Gasteiger partial charge in [-0.05, 0) is 108 Å². The summed E-state index contributed by atoms with van der Waals surface area (Å²) in [5.74, 6) is 1.71. The minimum absolute atomic E-state index is 0.567. The maximum Gasteiger partial charge on any atom is 0.227 e. The highest BCUT2D eigenvalue weighted by molar-refractivity contribution is 5.93. The Bertz CT molecular complexity index is 3010. The second-order valence-corrected chi connectivity index (χ2v) is 14.0. The van der Waals surface area contributed by atoms with Crippen LogP contribution in [-0.2, 0) is 0 Å². The van der Waals surface area contributed by atoms with Crippen molar-refractivity contribution in [1.29, 1.82) is 0 Å². The Morgan fingerprint density at radius 3 is 1.12 bits per heavy atom. The molecule has 274 valence electrons. The first-order valence-corrected chi connectivity index (χ1v) is 19.1. The highest BCUT2D eigenvalue weighted by Crippen LogP contribution is 2.40. The van der Waals surface area contributed by atoms with Crippen molar-refractivity contribution in [2.24, 2.45) is 0 Å². The first-order valence-electron chi connectivity index (χ1n) is 19.1. The summed E-state index contributed by atoms with van der Waals surface area (Å²) in [7, 11) is 0. The van der Waals surface area contributed by atoms with Crippen LogP contribution in [0.5, 0.6) is 0 Å². The summed E-state index contributed by atoms with van der Waals surface area (Å²) in [5, 5.41) is 0. The highest BCUT2D eigenvalue weighted by atomic mass is 16.4. The Morgan fingerprint density at radius 1 is 0.293 bits per heavy atom. The quantitative estimate of drug-likeness (QED) is 0.153. The summed E-state index contributed by atoms with van der Waals surface area (Å²) in [6.07, 6.45) is 0. The number of hydrogen-bond acceptors (Lipinski definition) is 7. The predicted molar refractivity (Wildman–Crippen MR) is 231 cm³/mol. The molecule has 11 aromatic rings. The largest absolute Gasteiger partial charge is 0.436 e. The average molecular weight is 749 g/mol. The van der Waals surface area contributed by atoms with Crippen molar-refractivity contribution in [2.75, 3.05) is 4.90 Å². The molecule has 0 aliphatic heterocycles. The number of para-hydroxylation sites is 4. The van der Waals surface area contributed by atoms with Crippen LogP contribution in [0.3, 0.4) is 0 Å². The van der Waals surface area contributed by atoms with Gasteiger partial charge in [0, 0.05) is 44.9 Å². The molecule has 3 aromatic heterocycles. The van der Waals surface area contributed by atoms with Crippen molar-refractivity contribution in [2.45, 2.75) is 0 Å². The van der Waals surface area contributed by atoms with Crippen molar-refractivity contribution >= 4 is 50.4 Å². The number of anilines is 3. The second kappa shape index (κ2) is 13.9. The Balaban J connectivity index is 0.956. The van der Waals surface area contributed by atoms with Crippen LogP contribution in [0.4, 0.5) is 17.1 Å². The SMILES string of the molecule is c1ccc(-c2cccc3nc(-c4ccc(N(c5ccc(-c6nc7ccccc7o6)cc5)c5ccc(-c6nc7cccc(-c8ccccc8)c7o6)cc5)cc4)oc23)cc1. The van der Waals surface area contributed by atoms with Gasteiger partial charge in [0.25, 0.3) is 0 Å². The van der Waals surface area contributed by atoms with E-state index < -0.39 is 0 Å². The predicted octanol–water partition coefficient (Wildman–Crippen LogP) is 13.9. The standard InChI is InChI=1S/C51H32N4O3/c1-3-11-33(12-4-1)41-15-9-18-44-47(41)57-50(53-44)36-23-29-39(30-24-36)55(38-27-21-35(22-28-38)49-52-43-17-7-8-20-46(43)56-49)40-31-25-37(26-32-40)51-54-45-19-10-16-42(48(45)58-51)34-13-5-2-6-14-34/h1-32H. The number of benzene rings is 8. The van der Waals surface area contributed by atoms with E-state index in [9.17, 15) is 0 Å². The topological polar surface area (TPSA) is 81.3 Å². The zero-order valence-electron chi connectivity index (χ0n) is 31.0. The lowest BCUT2D eigenvalue weighted by Gasteiger charge is -2.26. The molecule has 58 heavy (non-hydrogen) atoms. The Morgan fingerprint density at radius 2 is 0.672 bits per heavy atom. The average Bonchev–Trinajstić information content (AvgIpc) is 4.05. The fraction of sp³-hybridized carbons (Fsp3) is 0. The summed E-state index contributed by atoms with van der Waals surface area (Å²) in [4.78, 5) is 16.7. The maximum absolute atomic E-state index is 6.44. The fourth-order valence-electron chi connectivity index (χ4n) is 7.54. The van der Waals surface area contributed by atoms with Gasteiger partial charge in [-0.25, -0.2) is 15.0 Å². The van der Waals surface area contributed by atoms with Gasteiger partial charge in [-0.2, -0.15) is 0 Å². The van der Waals surface area contributed by atoms with Crippen molar-refractivity contribution in [1.82, 2.24) is 15.0 Å². The van der Waals surface area contributed by atoms with Crippen LogP contribution >= 0.6 is 0 Å². The van der Waals surface area contributed by atoms with Gasteiger partial charge in [-0.3, -0.25) is 0 Å². The lowest BCUT2D eigenvalue weighted by atomic mass is 10.1. The van der Waals surface area contributed by atoms with Crippen LogP contribution in [0.25, 0.3) is 89.9 Å². The first-order chi connectivity index (χ1) is 28.7. The molecule has 0 saturated carbocycles. The van der Waals surface area contributed by atoms with Crippen LogP contribution in [0.15, 0.2) is 207 Å². The normalized spacial score (nSPS) is 11.4.